The van der Waals surface area contributed by atoms with Crippen LogP contribution in [-0.2, 0) is 13.9 Å². The molecule has 0 amide bonds. The lowest BCUT2D eigenvalue weighted by atomic mass is 10.1. The third-order valence-corrected chi connectivity index (χ3v) is 11.6. The number of hydrogen-bond acceptors (Lipinski definition) is 4. The summed E-state index contributed by atoms with van der Waals surface area (Å²) in [5.74, 6) is 0.320. The lowest BCUT2D eigenvalue weighted by Crippen LogP contribution is -2.50. The van der Waals surface area contributed by atoms with E-state index in [0.717, 1.165) is 0 Å². The predicted octanol–water partition coefficient (Wildman–Crippen LogP) is 8.82. The Morgan fingerprint density at radius 1 is 0.743 bits per heavy atom. The fraction of sp³-hybridized carbons (Fsp3) is 0.966. The molecule has 35 heavy (non-hydrogen) atoms. The van der Waals surface area contributed by atoms with Gasteiger partial charge in [-0.2, -0.15) is 0 Å². The number of nitrogens with zero attached hydrogens (tertiary/aromatic N) is 1. The standard InChI is InChI=1S/C16H36N.C13H28O4Si/c1-5-9-13-17(14-10-6-2,15-11-7-3)16-12-8-4;1-11(2)10-16-12(14)15-8-9-17-18(6,7)13(3,4)5/h5-16H2,1-4H3;11H,8-10H2,1-7H3/q+1;. The summed E-state index contributed by atoms with van der Waals surface area (Å²) in [6.07, 6.45) is 10.5. The lowest BCUT2D eigenvalue weighted by Gasteiger charge is -2.39. The minimum atomic E-state index is -1.75. The first-order chi connectivity index (χ1) is 16.3. The number of hydrogen-bond donors (Lipinski definition) is 0. The Kier molecular flexibility index (Phi) is 21.4. The van der Waals surface area contributed by atoms with Gasteiger partial charge in [0.05, 0.1) is 39.4 Å². The van der Waals surface area contributed by atoms with E-state index in [9.17, 15) is 4.79 Å². The Balaban J connectivity index is 0. The maximum Gasteiger partial charge on any atom is 0.508 e. The van der Waals surface area contributed by atoms with Crippen molar-refractivity contribution in [3.05, 3.63) is 0 Å². The largest absolute Gasteiger partial charge is 0.508 e. The van der Waals surface area contributed by atoms with Crippen molar-refractivity contribution in [3.8, 4) is 0 Å². The average Bonchev–Trinajstić information content (AvgIpc) is 2.79. The molecule has 0 unspecified atom stereocenters. The van der Waals surface area contributed by atoms with Gasteiger partial charge in [-0.05, 0) is 49.7 Å². The maximum atomic E-state index is 11.2. The minimum Gasteiger partial charge on any atom is -0.434 e. The summed E-state index contributed by atoms with van der Waals surface area (Å²) in [7, 11) is -1.75. The summed E-state index contributed by atoms with van der Waals surface area (Å²) >= 11 is 0. The topological polar surface area (TPSA) is 44.8 Å². The Morgan fingerprint density at radius 2 is 1.14 bits per heavy atom. The molecule has 6 heteroatoms. The predicted molar refractivity (Wildman–Crippen MR) is 155 cm³/mol. The molecule has 0 fully saturated rings. The molecule has 0 saturated carbocycles. The zero-order valence-corrected chi connectivity index (χ0v) is 26.8. The fourth-order valence-corrected chi connectivity index (χ4v) is 4.59. The van der Waals surface area contributed by atoms with Crippen LogP contribution in [0, 0.1) is 5.92 Å². The van der Waals surface area contributed by atoms with Crippen molar-refractivity contribution in [1.29, 1.82) is 0 Å². The summed E-state index contributed by atoms with van der Waals surface area (Å²) < 4.78 is 17.1. The molecule has 0 spiro atoms. The van der Waals surface area contributed by atoms with Crippen LogP contribution in [0.1, 0.15) is 114 Å². The van der Waals surface area contributed by atoms with Crippen LogP contribution in [0.25, 0.3) is 0 Å². The molecule has 0 aliphatic rings. The molecular formula is C29H64NO4Si+. The monoisotopic (exact) mass is 518 g/mol. The number of ether oxygens (including phenoxy) is 2. The average molecular weight is 519 g/mol. The number of unbranched alkanes of at least 4 members (excludes halogenated alkanes) is 4. The van der Waals surface area contributed by atoms with E-state index < -0.39 is 14.5 Å². The van der Waals surface area contributed by atoms with Gasteiger partial charge >= 0.3 is 6.16 Å². The van der Waals surface area contributed by atoms with Gasteiger partial charge in [0, 0.05) is 0 Å². The van der Waals surface area contributed by atoms with Crippen molar-refractivity contribution in [1.82, 2.24) is 0 Å². The van der Waals surface area contributed by atoms with Gasteiger partial charge in [-0.15, -0.1) is 0 Å². The second-order valence-electron chi connectivity index (χ2n) is 12.1. The van der Waals surface area contributed by atoms with Gasteiger partial charge in [0.15, 0.2) is 8.32 Å². The van der Waals surface area contributed by atoms with E-state index in [1.165, 1.54) is 82.0 Å². The van der Waals surface area contributed by atoms with Crippen LogP contribution in [-0.4, -0.2) is 65.0 Å². The third kappa shape index (κ3) is 19.2. The van der Waals surface area contributed by atoms with Gasteiger partial charge in [-0.1, -0.05) is 88.0 Å². The number of carbonyl (C=O) groups is 1. The van der Waals surface area contributed by atoms with Crippen molar-refractivity contribution < 1.29 is 23.2 Å². The van der Waals surface area contributed by atoms with Gasteiger partial charge in [0.1, 0.15) is 6.61 Å². The van der Waals surface area contributed by atoms with Crippen molar-refractivity contribution in [2.45, 2.75) is 132 Å². The van der Waals surface area contributed by atoms with E-state index in [4.69, 9.17) is 13.9 Å². The summed E-state index contributed by atoms with van der Waals surface area (Å²) in [6, 6.07) is 0. The van der Waals surface area contributed by atoms with E-state index in [0.29, 0.717) is 19.1 Å². The number of carbonyl (C=O) groups excluding carboxylic acids is 1. The molecule has 0 N–H and O–H groups in total. The van der Waals surface area contributed by atoms with Crippen LogP contribution in [0.5, 0.6) is 0 Å². The first-order valence-electron chi connectivity index (χ1n) is 14.6. The van der Waals surface area contributed by atoms with E-state index in [-0.39, 0.29) is 11.6 Å². The molecule has 0 saturated heterocycles. The Hall–Kier alpha value is -0.593. The molecule has 0 aromatic heterocycles. The van der Waals surface area contributed by atoms with Gasteiger partial charge in [-0.3, -0.25) is 0 Å². The Morgan fingerprint density at radius 3 is 1.46 bits per heavy atom. The smallest absolute Gasteiger partial charge is 0.434 e. The second kappa shape index (κ2) is 20.5. The molecule has 0 aliphatic heterocycles. The molecule has 5 nitrogen and oxygen atoms in total. The second-order valence-corrected chi connectivity index (χ2v) is 16.9. The summed E-state index contributed by atoms with van der Waals surface area (Å²) in [5.41, 5.74) is 0. The molecule has 0 bridgehead atoms. The van der Waals surface area contributed by atoms with Crippen LogP contribution in [0.4, 0.5) is 4.79 Å². The highest BCUT2D eigenvalue weighted by Gasteiger charge is 2.37. The zero-order valence-electron chi connectivity index (χ0n) is 25.8. The van der Waals surface area contributed by atoms with E-state index >= 15 is 0 Å². The van der Waals surface area contributed by atoms with Gasteiger partial charge in [0.25, 0.3) is 0 Å². The molecule has 0 aliphatic carbocycles. The van der Waals surface area contributed by atoms with Crippen molar-refractivity contribution in [3.63, 3.8) is 0 Å². The van der Waals surface area contributed by atoms with Gasteiger partial charge in [0.2, 0.25) is 0 Å². The van der Waals surface area contributed by atoms with Crippen LogP contribution in [0.15, 0.2) is 0 Å². The highest BCUT2D eigenvalue weighted by molar-refractivity contribution is 6.74. The van der Waals surface area contributed by atoms with E-state index in [1.54, 1.807) is 0 Å². The summed E-state index contributed by atoms with van der Waals surface area (Å²) in [4.78, 5) is 11.2. The third-order valence-electron chi connectivity index (χ3n) is 7.05. The summed E-state index contributed by atoms with van der Waals surface area (Å²) in [5, 5.41) is 0.172. The van der Waals surface area contributed by atoms with E-state index in [2.05, 4.69) is 61.6 Å². The molecule has 0 aromatic carbocycles. The van der Waals surface area contributed by atoms with Gasteiger partial charge in [-0.25, -0.2) is 4.79 Å². The number of quaternary nitrogens is 1. The molecule has 0 radical (unpaired) electrons. The van der Waals surface area contributed by atoms with E-state index in [1.807, 2.05) is 13.8 Å². The van der Waals surface area contributed by atoms with Crippen molar-refractivity contribution in [2.75, 3.05) is 46.0 Å². The van der Waals surface area contributed by atoms with Crippen molar-refractivity contribution in [2.24, 2.45) is 5.92 Å². The Bertz CT molecular complexity index is 466. The van der Waals surface area contributed by atoms with Crippen LogP contribution >= 0.6 is 0 Å². The molecular weight excluding hydrogens is 454 g/mol. The molecule has 0 rings (SSSR count). The first-order valence-corrected chi connectivity index (χ1v) is 17.5. The normalized spacial score (nSPS) is 12.3. The lowest BCUT2D eigenvalue weighted by molar-refractivity contribution is -0.929. The fourth-order valence-electron chi connectivity index (χ4n) is 3.56. The maximum absolute atomic E-state index is 11.2. The Labute approximate surface area is 221 Å². The zero-order chi connectivity index (χ0) is 27.4. The molecule has 0 atom stereocenters. The van der Waals surface area contributed by atoms with Crippen LogP contribution < -0.4 is 0 Å². The summed E-state index contributed by atoms with van der Waals surface area (Å²) in [6.45, 7) is 30.9. The highest BCUT2D eigenvalue weighted by atomic mass is 28.4. The van der Waals surface area contributed by atoms with Crippen LogP contribution in [0.2, 0.25) is 18.1 Å². The quantitative estimate of drug-likeness (QED) is 0.0786. The number of rotatable bonds is 18. The molecule has 0 aromatic rings. The molecule has 0 heterocycles. The van der Waals surface area contributed by atoms with Gasteiger partial charge < -0.3 is 18.4 Å². The van der Waals surface area contributed by atoms with Crippen molar-refractivity contribution >= 4 is 14.5 Å². The first kappa shape index (κ1) is 36.6. The SMILES string of the molecule is CC(C)COC(=O)OCCO[Si](C)(C)C(C)(C)C.CCCC[N+](CCCC)(CCCC)CCCC. The molecule has 212 valence electrons. The minimum absolute atomic E-state index is 0.172. The highest BCUT2D eigenvalue weighted by Crippen LogP contribution is 2.36. The van der Waals surface area contributed by atoms with Crippen LogP contribution in [0.3, 0.4) is 0 Å².